The number of aromatic nitrogens is 1. The average molecular weight is 426 g/mol. The predicted octanol–water partition coefficient (Wildman–Crippen LogP) is 3.33. The van der Waals surface area contributed by atoms with Crippen molar-refractivity contribution in [3.8, 4) is 11.5 Å². The third-order valence-electron chi connectivity index (χ3n) is 4.31. The summed E-state index contributed by atoms with van der Waals surface area (Å²) in [6, 6.07) is 7.76. The van der Waals surface area contributed by atoms with E-state index in [0.29, 0.717) is 23.6 Å². The molecule has 1 aliphatic heterocycles. The Bertz CT molecular complexity index is 741. The van der Waals surface area contributed by atoms with Crippen molar-refractivity contribution in [3.63, 3.8) is 0 Å². The van der Waals surface area contributed by atoms with Crippen LogP contribution in [0.15, 0.2) is 30.5 Å². The van der Waals surface area contributed by atoms with Crippen LogP contribution in [-0.2, 0) is 6.54 Å². The molecule has 0 radical (unpaired) electrons. The minimum absolute atomic E-state index is 0.0234. The van der Waals surface area contributed by atoms with Gasteiger partial charge in [-0.15, -0.1) is 0 Å². The highest BCUT2D eigenvalue weighted by Gasteiger charge is 2.29. The summed E-state index contributed by atoms with van der Waals surface area (Å²) in [5.74, 6) is 1.23. The van der Waals surface area contributed by atoms with E-state index in [0.717, 1.165) is 10.1 Å². The zero-order valence-corrected chi connectivity index (χ0v) is 15.5. The quantitative estimate of drug-likeness (QED) is 0.708. The summed E-state index contributed by atoms with van der Waals surface area (Å²) in [5, 5.41) is 0. The standard InChI is InChI=1S/C17H19IN2O3/c1-11-14-5-4-6-19(14)7-8-20(11)17(21)12-9-15(22-2)16(23-3)10-13(12)18/h4-6,9-11H,7-8H2,1-3H3. The number of carbonyl (C=O) groups excluding carboxylic acids is 1. The van der Waals surface area contributed by atoms with E-state index in [1.807, 2.05) is 17.0 Å². The van der Waals surface area contributed by atoms with Crippen molar-refractivity contribution in [3.05, 3.63) is 45.3 Å². The van der Waals surface area contributed by atoms with E-state index in [2.05, 4.69) is 46.3 Å². The fraction of sp³-hybridized carbons (Fsp3) is 0.353. The number of halogens is 1. The molecular formula is C17H19IN2O3. The number of amides is 1. The normalized spacial score (nSPS) is 16.9. The smallest absolute Gasteiger partial charge is 0.255 e. The zero-order chi connectivity index (χ0) is 16.6. The first-order valence-corrected chi connectivity index (χ1v) is 8.52. The Hall–Kier alpha value is -1.70. The highest BCUT2D eigenvalue weighted by atomic mass is 127. The summed E-state index contributed by atoms with van der Waals surface area (Å²) in [4.78, 5) is 15.0. The van der Waals surface area contributed by atoms with Crippen molar-refractivity contribution in [1.82, 2.24) is 9.47 Å². The maximum Gasteiger partial charge on any atom is 0.255 e. The largest absolute Gasteiger partial charge is 0.493 e. The molecule has 1 unspecified atom stereocenters. The van der Waals surface area contributed by atoms with E-state index in [1.54, 1.807) is 20.3 Å². The van der Waals surface area contributed by atoms with Crippen molar-refractivity contribution in [2.45, 2.75) is 19.5 Å². The molecule has 0 saturated heterocycles. The van der Waals surface area contributed by atoms with Gasteiger partial charge in [-0.25, -0.2) is 0 Å². The molecular weight excluding hydrogens is 407 g/mol. The minimum Gasteiger partial charge on any atom is -0.493 e. The molecule has 2 heterocycles. The van der Waals surface area contributed by atoms with E-state index >= 15 is 0 Å². The summed E-state index contributed by atoms with van der Waals surface area (Å²) >= 11 is 2.17. The van der Waals surface area contributed by atoms with Crippen LogP contribution in [0.4, 0.5) is 0 Å². The zero-order valence-electron chi connectivity index (χ0n) is 13.4. The number of fused-ring (bicyclic) bond motifs is 1. The number of hydrogen-bond donors (Lipinski definition) is 0. The van der Waals surface area contributed by atoms with Crippen LogP contribution < -0.4 is 9.47 Å². The second-order valence-corrected chi connectivity index (χ2v) is 6.65. The van der Waals surface area contributed by atoms with Crippen LogP contribution in [0.1, 0.15) is 29.0 Å². The molecule has 1 aromatic carbocycles. The molecule has 1 aromatic heterocycles. The maximum absolute atomic E-state index is 13.0. The van der Waals surface area contributed by atoms with Gasteiger partial charge in [0.1, 0.15) is 0 Å². The Morgan fingerprint density at radius 2 is 1.91 bits per heavy atom. The Morgan fingerprint density at radius 3 is 2.61 bits per heavy atom. The van der Waals surface area contributed by atoms with Crippen LogP contribution in [0.25, 0.3) is 0 Å². The van der Waals surface area contributed by atoms with E-state index in [4.69, 9.17) is 9.47 Å². The molecule has 1 amide bonds. The van der Waals surface area contributed by atoms with E-state index < -0.39 is 0 Å². The summed E-state index contributed by atoms with van der Waals surface area (Å²) in [5.41, 5.74) is 1.81. The molecule has 23 heavy (non-hydrogen) atoms. The lowest BCUT2D eigenvalue weighted by Gasteiger charge is -2.35. The second-order valence-electron chi connectivity index (χ2n) is 5.49. The number of benzene rings is 1. The first kappa shape index (κ1) is 16.2. The van der Waals surface area contributed by atoms with Gasteiger partial charge in [0.15, 0.2) is 11.5 Å². The number of carbonyl (C=O) groups is 1. The number of rotatable bonds is 3. The number of ether oxygens (including phenoxy) is 2. The van der Waals surface area contributed by atoms with Crippen molar-refractivity contribution in [2.24, 2.45) is 0 Å². The molecule has 6 heteroatoms. The highest BCUT2D eigenvalue weighted by molar-refractivity contribution is 14.1. The molecule has 0 fully saturated rings. The maximum atomic E-state index is 13.0. The van der Waals surface area contributed by atoms with Gasteiger partial charge in [-0.05, 0) is 53.8 Å². The van der Waals surface area contributed by atoms with Gasteiger partial charge in [0.25, 0.3) is 5.91 Å². The molecule has 0 N–H and O–H groups in total. The predicted molar refractivity (Wildman–Crippen MR) is 96.1 cm³/mol. The first-order valence-electron chi connectivity index (χ1n) is 7.44. The van der Waals surface area contributed by atoms with Crippen LogP contribution >= 0.6 is 22.6 Å². The van der Waals surface area contributed by atoms with Gasteiger partial charge in [0, 0.05) is 28.6 Å². The Labute approximate surface area is 149 Å². The first-order chi connectivity index (χ1) is 11.1. The molecule has 3 rings (SSSR count). The van der Waals surface area contributed by atoms with Crippen LogP contribution in [0, 0.1) is 3.57 Å². The van der Waals surface area contributed by atoms with Crippen LogP contribution in [0.5, 0.6) is 11.5 Å². The molecule has 0 aliphatic carbocycles. The SMILES string of the molecule is COc1cc(I)c(C(=O)N2CCn3cccc3C2C)cc1OC. The van der Waals surface area contributed by atoms with E-state index in [1.165, 1.54) is 5.69 Å². The Morgan fingerprint density at radius 1 is 1.22 bits per heavy atom. The molecule has 122 valence electrons. The molecule has 0 saturated carbocycles. The van der Waals surface area contributed by atoms with Crippen molar-refractivity contribution < 1.29 is 14.3 Å². The van der Waals surface area contributed by atoms with E-state index in [-0.39, 0.29) is 11.9 Å². The van der Waals surface area contributed by atoms with Crippen LogP contribution in [-0.4, -0.2) is 36.1 Å². The highest BCUT2D eigenvalue weighted by Crippen LogP contribution is 2.34. The summed E-state index contributed by atoms with van der Waals surface area (Å²) in [7, 11) is 3.17. The number of methoxy groups -OCH3 is 2. The topological polar surface area (TPSA) is 43.7 Å². The average Bonchev–Trinajstić information content (AvgIpc) is 3.04. The fourth-order valence-electron chi connectivity index (χ4n) is 3.03. The fourth-order valence-corrected chi connectivity index (χ4v) is 3.70. The Balaban J connectivity index is 1.95. The molecule has 5 nitrogen and oxygen atoms in total. The van der Waals surface area contributed by atoms with Gasteiger partial charge >= 0.3 is 0 Å². The minimum atomic E-state index is 0.0234. The molecule has 0 bridgehead atoms. The van der Waals surface area contributed by atoms with Crippen molar-refractivity contribution in [2.75, 3.05) is 20.8 Å². The second kappa shape index (κ2) is 6.43. The lowest BCUT2D eigenvalue weighted by molar-refractivity contribution is 0.0642. The van der Waals surface area contributed by atoms with Gasteiger partial charge in [0.05, 0.1) is 25.8 Å². The van der Waals surface area contributed by atoms with Gasteiger partial charge < -0.3 is 18.9 Å². The third-order valence-corrected chi connectivity index (χ3v) is 5.20. The molecule has 1 aliphatic rings. The summed E-state index contributed by atoms with van der Waals surface area (Å²) in [6.45, 7) is 3.59. The van der Waals surface area contributed by atoms with E-state index in [9.17, 15) is 4.79 Å². The lowest BCUT2D eigenvalue weighted by atomic mass is 10.1. The Kier molecular flexibility index (Phi) is 4.52. The summed E-state index contributed by atoms with van der Waals surface area (Å²) < 4.78 is 13.7. The van der Waals surface area contributed by atoms with Gasteiger partial charge in [0.2, 0.25) is 0 Å². The van der Waals surface area contributed by atoms with Gasteiger partial charge in [-0.2, -0.15) is 0 Å². The molecule has 2 aromatic rings. The van der Waals surface area contributed by atoms with Crippen LogP contribution in [0.3, 0.4) is 0 Å². The summed E-state index contributed by atoms with van der Waals surface area (Å²) in [6.07, 6.45) is 2.06. The van der Waals surface area contributed by atoms with Crippen molar-refractivity contribution >= 4 is 28.5 Å². The number of hydrogen-bond acceptors (Lipinski definition) is 3. The van der Waals surface area contributed by atoms with Crippen molar-refractivity contribution in [1.29, 1.82) is 0 Å². The van der Waals surface area contributed by atoms with Crippen LogP contribution in [0.2, 0.25) is 0 Å². The number of nitrogens with zero attached hydrogens (tertiary/aromatic N) is 2. The lowest BCUT2D eigenvalue weighted by Crippen LogP contribution is -2.41. The molecule has 1 atom stereocenters. The van der Waals surface area contributed by atoms with Gasteiger partial charge in [-0.1, -0.05) is 0 Å². The third kappa shape index (κ3) is 2.80. The molecule has 0 spiro atoms. The van der Waals surface area contributed by atoms with Gasteiger partial charge in [-0.3, -0.25) is 4.79 Å². The monoisotopic (exact) mass is 426 g/mol.